The van der Waals surface area contributed by atoms with Crippen molar-refractivity contribution in [1.29, 1.82) is 0 Å². The molecule has 1 aliphatic rings. The lowest BCUT2D eigenvalue weighted by Crippen LogP contribution is -2.28. The molecule has 1 aromatic heterocycles. The Hall–Kier alpha value is -2.82. The summed E-state index contributed by atoms with van der Waals surface area (Å²) in [7, 11) is 1.69. The first-order valence-corrected chi connectivity index (χ1v) is 7.70. The second-order valence-corrected chi connectivity index (χ2v) is 5.66. The predicted molar refractivity (Wildman–Crippen MR) is 88.6 cm³/mol. The first-order valence-electron chi connectivity index (χ1n) is 7.70. The van der Waals surface area contributed by atoms with Gasteiger partial charge in [0.25, 0.3) is 0 Å². The van der Waals surface area contributed by atoms with Crippen LogP contribution >= 0.6 is 0 Å². The predicted octanol–water partition coefficient (Wildman–Crippen LogP) is 3.43. The Morgan fingerprint density at radius 1 is 1.09 bits per heavy atom. The third-order valence-corrected chi connectivity index (χ3v) is 4.31. The van der Waals surface area contributed by atoms with E-state index in [0.717, 1.165) is 18.1 Å². The summed E-state index contributed by atoms with van der Waals surface area (Å²) in [4.78, 5) is 4.36. The molecule has 2 aromatic carbocycles. The lowest BCUT2D eigenvalue weighted by Gasteiger charge is -2.31. The molecule has 23 heavy (non-hydrogen) atoms. The summed E-state index contributed by atoms with van der Waals surface area (Å²) in [5.41, 5.74) is 2.44. The highest BCUT2D eigenvalue weighted by molar-refractivity contribution is 5.40. The van der Waals surface area contributed by atoms with Gasteiger partial charge in [0.15, 0.2) is 0 Å². The van der Waals surface area contributed by atoms with E-state index >= 15 is 0 Å². The standard InChI is InChI=1S/C18H18N4O/c1-23-15-9-5-8-14(10-15)16-11-17(13-6-3-2-4-7-13)22-18(21-16)19-12-20-22/h2-10,12,16-17H,11H2,1H3,(H,19,20,21)/t16-,17-/m0/s1. The first-order chi connectivity index (χ1) is 11.3. The molecule has 5 nitrogen and oxygen atoms in total. The summed E-state index contributed by atoms with van der Waals surface area (Å²) in [6, 6.07) is 19.0. The highest BCUT2D eigenvalue weighted by Crippen LogP contribution is 2.37. The molecule has 0 unspecified atom stereocenters. The van der Waals surface area contributed by atoms with Gasteiger partial charge in [-0.15, -0.1) is 0 Å². The van der Waals surface area contributed by atoms with Crippen molar-refractivity contribution in [3.63, 3.8) is 0 Å². The number of aromatic nitrogens is 3. The van der Waals surface area contributed by atoms with Gasteiger partial charge in [0.05, 0.1) is 19.2 Å². The van der Waals surface area contributed by atoms with Crippen molar-refractivity contribution >= 4 is 5.95 Å². The second kappa shape index (κ2) is 5.76. The van der Waals surface area contributed by atoms with E-state index in [0.29, 0.717) is 0 Å². The SMILES string of the molecule is COc1cccc([C@@H]2C[C@@H](c3ccccc3)n3ncnc3N2)c1. The minimum absolute atomic E-state index is 0.172. The van der Waals surface area contributed by atoms with Crippen LogP contribution in [0.25, 0.3) is 0 Å². The Kier molecular flexibility index (Phi) is 3.46. The van der Waals surface area contributed by atoms with Crippen LogP contribution in [0, 0.1) is 0 Å². The maximum absolute atomic E-state index is 5.35. The first kappa shape index (κ1) is 13.8. The Bertz CT molecular complexity index is 800. The molecule has 0 amide bonds. The smallest absolute Gasteiger partial charge is 0.222 e. The third-order valence-electron chi connectivity index (χ3n) is 4.31. The van der Waals surface area contributed by atoms with Crippen molar-refractivity contribution < 1.29 is 4.74 Å². The summed E-state index contributed by atoms with van der Waals surface area (Å²) in [6.07, 6.45) is 2.51. The number of nitrogens with zero attached hydrogens (tertiary/aromatic N) is 3. The van der Waals surface area contributed by atoms with Crippen LogP contribution in [0.5, 0.6) is 5.75 Å². The third kappa shape index (κ3) is 2.54. The number of hydrogen-bond acceptors (Lipinski definition) is 4. The van der Waals surface area contributed by atoms with E-state index in [1.807, 2.05) is 22.9 Å². The minimum Gasteiger partial charge on any atom is -0.497 e. The maximum atomic E-state index is 5.35. The van der Waals surface area contributed by atoms with Crippen LogP contribution in [0.4, 0.5) is 5.95 Å². The molecule has 116 valence electrons. The zero-order valence-electron chi connectivity index (χ0n) is 12.9. The van der Waals surface area contributed by atoms with Gasteiger partial charge in [0.1, 0.15) is 12.1 Å². The van der Waals surface area contributed by atoms with E-state index in [4.69, 9.17) is 4.74 Å². The second-order valence-electron chi connectivity index (χ2n) is 5.66. The lowest BCUT2D eigenvalue weighted by atomic mass is 9.93. The van der Waals surface area contributed by atoms with E-state index in [-0.39, 0.29) is 12.1 Å². The zero-order chi connectivity index (χ0) is 15.6. The van der Waals surface area contributed by atoms with Crippen LogP contribution in [-0.2, 0) is 0 Å². The number of rotatable bonds is 3. The fourth-order valence-electron chi connectivity index (χ4n) is 3.15. The van der Waals surface area contributed by atoms with Crippen LogP contribution in [0.15, 0.2) is 60.9 Å². The minimum atomic E-state index is 0.172. The van der Waals surface area contributed by atoms with Gasteiger partial charge in [-0.2, -0.15) is 10.1 Å². The number of nitrogens with one attached hydrogen (secondary N) is 1. The van der Waals surface area contributed by atoms with Crippen molar-refractivity contribution in [2.45, 2.75) is 18.5 Å². The van der Waals surface area contributed by atoms with Crippen LogP contribution in [0.3, 0.4) is 0 Å². The molecule has 2 atom stereocenters. The van der Waals surface area contributed by atoms with Crippen molar-refractivity contribution in [1.82, 2.24) is 14.8 Å². The van der Waals surface area contributed by atoms with E-state index < -0.39 is 0 Å². The molecule has 0 radical (unpaired) electrons. The number of anilines is 1. The van der Waals surface area contributed by atoms with Crippen molar-refractivity contribution in [2.24, 2.45) is 0 Å². The Morgan fingerprint density at radius 3 is 2.74 bits per heavy atom. The summed E-state index contributed by atoms with van der Waals surface area (Å²) >= 11 is 0. The van der Waals surface area contributed by atoms with Gasteiger partial charge in [0.2, 0.25) is 5.95 Å². The number of ether oxygens (including phenoxy) is 1. The molecule has 2 heterocycles. The zero-order valence-corrected chi connectivity index (χ0v) is 12.9. The molecule has 0 saturated heterocycles. The summed E-state index contributed by atoms with van der Waals surface area (Å²) in [6.45, 7) is 0. The molecule has 0 aliphatic carbocycles. The van der Waals surface area contributed by atoms with Crippen molar-refractivity contribution in [3.8, 4) is 5.75 Å². The van der Waals surface area contributed by atoms with E-state index in [1.165, 1.54) is 11.1 Å². The number of methoxy groups -OCH3 is 1. The number of hydrogen-bond donors (Lipinski definition) is 1. The van der Waals surface area contributed by atoms with Gasteiger partial charge in [-0.3, -0.25) is 0 Å². The molecule has 0 saturated carbocycles. The Labute approximate surface area is 134 Å². The van der Waals surface area contributed by atoms with Gasteiger partial charge in [-0.25, -0.2) is 4.68 Å². The highest BCUT2D eigenvalue weighted by atomic mass is 16.5. The van der Waals surface area contributed by atoms with E-state index in [2.05, 4.69) is 51.8 Å². The highest BCUT2D eigenvalue weighted by Gasteiger charge is 2.29. The summed E-state index contributed by atoms with van der Waals surface area (Å²) in [5.74, 6) is 1.67. The summed E-state index contributed by atoms with van der Waals surface area (Å²) < 4.78 is 7.31. The molecule has 1 aliphatic heterocycles. The Morgan fingerprint density at radius 2 is 1.91 bits per heavy atom. The number of fused-ring (bicyclic) bond motifs is 1. The fourth-order valence-corrected chi connectivity index (χ4v) is 3.15. The monoisotopic (exact) mass is 306 g/mol. The van der Waals surface area contributed by atoms with Gasteiger partial charge in [0, 0.05) is 0 Å². The molecule has 1 N–H and O–H groups in total. The average molecular weight is 306 g/mol. The molecule has 3 aromatic rings. The fraction of sp³-hybridized carbons (Fsp3) is 0.222. The van der Waals surface area contributed by atoms with Crippen LogP contribution < -0.4 is 10.1 Å². The average Bonchev–Trinajstić information content (AvgIpc) is 3.10. The molecular formula is C18H18N4O. The van der Waals surface area contributed by atoms with E-state index in [9.17, 15) is 0 Å². The van der Waals surface area contributed by atoms with Crippen LogP contribution in [-0.4, -0.2) is 21.9 Å². The molecule has 4 rings (SSSR count). The molecule has 5 heteroatoms. The van der Waals surface area contributed by atoms with Crippen LogP contribution in [0.2, 0.25) is 0 Å². The van der Waals surface area contributed by atoms with Crippen molar-refractivity contribution in [3.05, 3.63) is 72.1 Å². The van der Waals surface area contributed by atoms with Gasteiger partial charge >= 0.3 is 0 Å². The van der Waals surface area contributed by atoms with Crippen LogP contribution in [0.1, 0.15) is 29.6 Å². The molecular weight excluding hydrogens is 288 g/mol. The van der Waals surface area contributed by atoms with Crippen molar-refractivity contribution in [2.75, 3.05) is 12.4 Å². The number of benzene rings is 2. The largest absolute Gasteiger partial charge is 0.497 e. The molecule has 0 spiro atoms. The topological polar surface area (TPSA) is 52.0 Å². The van der Waals surface area contributed by atoms with Gasteiger partial charge < -0.3 is 10.1 Å². The summed E-state index contributed by atoms with van der Waals surface area (Å²) in [5, 5.41) is 7.87. The maximum Gasteiger partial charge on any atom is 0.222 e. The normalized spacial score (nSPS) is 19.7. The lowest BCUT2D eigenvalue weighted by molar-refractivity contribution is 0.410. The Balaban J connectivity index is 1.72. The molecule has 0 fully saturated rings. The van der Waals surface area contributed by atoms with Gasteiger partial charge in [-0.05, 0) is 29.7 Å². The molecule has 0 bridgehead atoms. The van der Waals surface area contributed by atoms with Gasteiger partial charge in [-0.1, -0.05) is 42.5 Å². The quantitative estimate of drug-likeness (QED) is 0.805. The van der Waals surface area contributed by atoms with E-state index in [1.54, 1.807) is 13.4 Å².